The number of benzene rings is 2. The van der Waals surface area contributed by atoms with E-state index < -0.39 is 5.97 Å². The van der Waals surface area contributed by atoms with E-state index in [1.165, 1.54) is 18.4 Å². The second-order valence-corrected chi connectivity index (χ2v) is 9.04. The zero-order valence-electron chi connectivity index (χ0n) is 18.6. The number of thiocarbonyl (C=S) groups is 1. The van der Waals surface area contributed by atoms with Crippen molar-refractivity contribution in [2.75, 3.05) is 17.7 Å². The standard InChI is InChI=1S/C25H24N4O2S2/c1-16-12-17(2)29(28-16)15-18-8-7-11-20(13-18)26-25(32)27-23-21(24(30)31-3)14-22(33-23)19-9-5-4-6-10-19/h4-14H,15H2,1-3H3,(H2,26,27,32). The lowest BCUT2D eigenvalue weighted by molar-refractivity contribution is 0.0602. The SMILES string of the molecule is COC(=O)c1cc(-c2ccccc2)sc1NC(=S)Nc1cccc(Cn2nc(C)cc2C)c1. The van der Waals surface area contributed by atoms with Crippen molar-refractivity contribution in [3.05, 3.63) is 89.2 Å². The Balaban J connectivity index is 1.50. The molecule has 0 saturated heterocycles. The summed E-state index contributed by atoms with van der Waals surface area (Å²) < 4.78 is 6.94. The molecule has 33 heavy (non-hydrogen) atoms. The Kier molecular flexibility index (Phi) is 6.86. The number of nitrogens with zero attached hydrogens (tertiary/aromatic N) is 2. The van der Waals surface area contributed by atoms with Crippen LogP contribution in [0.25, 0.3) is 10.4 Å². The molecule has 4 aromatic rings. The first kappa shape index (κ1) is 22.7. The Morgan fingerprint density at radius 1 is 1.06 bits per heavy atom. The highest BCUT2D eigenvalue weighted by molar-refractivity contribution is 7.80. The topological polar surface area (TPSA) is 68.2 Å². The third-order valence-electron chi connectivity index (χ3n) is 5.04. The molecule has 0 fully saturated rings. The maximum atomic E-state index is 12.3. The smallest absolute Gasteiger partial charge is 0.340 e. The maximum absolute atomic E-state index is 12.3. The van der Waals surface area contributed by atoms with Crippen LogP contribution in [0.1, 0.15) is 27.3 Å². The van der Waals surface area contributed by atoms with Crippen LogP contribution in [-0.4, -0.2) is 28.0 Å². The van der Waals surface area contributed by atoms with Gasteiger partial charge in [0.2, 0.25) is 0 Å². The average Bonchev–Trinajstić information content (AvgIpc) is 3.36. The third-order valence-corrected chi connectivity index (χ3v) is 6.35. The number of carbonyl (C=O) groups excluding carboxylic acids is 1. The number of methoxy groups -OCH3 is 1. The summed E-state index contributed by atoms with van der Waals surface area (Å²) in [4.78, 5) is 13.3. The highest BCUT2D eigenvalue weighted by atomic mass is 32.1. The number of hydrogen-bond donors (Lipinski definition) is 2. The van der Waals surface area contributed by atoms with Crippen LogP contribution in [0.3, 0.4) is 0 Å². The van der Waals surface area contributed by atoms with E-state index in [2.05, 4.69) is 27.9 Å². The molecule has 2 aromatic heterocycles. The lowest BCUT2D eigenvalue weighted by Gasteiger charge is -2.12. The van der Waals surface area contributed by atoms with Crippen LogP contribution in [0, 0.1) is 13.8 Å². The Morgan fingerprint density at radius 2 is 1.85 bits per heavy atom. The number of aryl methyl sites for hydroxylation is 2. The van der Waals surface area contributed by atoms with Gasteiger partial charge in [-0.3, -0.25) is 4.68 Å². The first-order valence-corrected chi connectivity index (χ1v) is 11.6. The maximum Gasteiger partial charge on any atom is 0.340 e. The van der Waals surface area contributed by atoms with Crippen molar-refractivity contribution in [2.24, 2.45) is 0 Å². The highest BCUT2D eigenvalue weighted by Gasteiger charge is 2.18. The molecule has 0 amide bonds. The predicted octanol–water partition coefficient (Wildman–Crippen LogP) is 5.87. The Labute approximate surface area is 202 Å². The van der Waals surface area contributed by atoms with Gasteiger partial charge in [0, 0.05) is 16.3 Å². The van der Waals surface area contributed by atoms with Gasteiger partial charge in [0.25, 0.3) is 0 Å². The van der Waals surface area contributed by atoms with E-state index in [4.69, 9.17) is 17.0 Å². The minimum atomic E-state index is -0.411. The summed E-state index contributed by atoms with van der Waals surface area (Å²) in [6, 6.07) is 21.8. The van der Waals surface area contributed by atoms with Gasteiger partial charge in [-0.05, 0) is 61.5 Å². The summed E-state index contributed by atoms with van der Waals surface area (Å²) in [7, 11) is 1.37. The van der Waals surface area contributed by atoms with Crippen LogP contribution in [0.2, 0.25) is 0 Å². The van der Waals surface area contributed by atoms with E-state index >= 15 is 0 Å². The predicted molar refractivity (Wildman–Crippen MR) is 138 cm³/mol. The molecule has 2 aromatic carbocycles. The summed E-state index contributed by atoms with van der Waals surface area (Å²) >= 11 is 6.99. The van der Waals surface area contributed by atoms with E-state index in [0.717, 1.165) is 33.1 Å². The zero-order chi connectivity index (χ0) is 23.4. The molecule has 0 unspecified atom stereocenters. The van der Waals surface area contributed by atoms with Gasteiger partial charge in [0.05, 0.1) is 24.9 Å². The van der Waals surface area contributed by atoms with E-state index in [0.29, 0.717) is 22.2 Å². The largest absolute Gasteiger partial charge is 0.465 e. The minimum absolute atomic E-state index is 0.393. The average molecular weight is 477 g/mol. The molecule has 0 saturated carbocycles. The Bertz CT molecular complexity index is 1290. The van der Waals surface area contributed by atoms with E-state index in [1.54, 1.807) is 0 Å². The summed E-state index contributed by atoms with van der Waals surface area (Å²) in [5.41, 5.74) is 5.54. The molecular weight excluding hydrogens is 452 g/mol. The van der Waals surface area contributed by atoms with Gasteiger partial charge < -0.3 is 15.4 Å². The van der Waals surface area contributed by atoms with Crippen molar-refractivity contribution in [1.29, 1.82) is 0 Å². The van der Waals surface area contributed by atoms with E-state index in [1.807, 2.05) is 73.1 Å². The molecule has 168 valence electrons. The highest BCUT2D eigenvalue weighted by Crippen LogP contribution is 2.36. The molecule has 0 atom stereocenters. The second kappa shape index (κ2) is 9.97. The van der Waals surface area contributed by atoms with Gasteiger partial charge in [0.15, 0.2) is 5.11 Å². The van der Waals surface area contributed by atoms with E-state index in [9.17, 15) is 4.79 Å². The van der Waals surface area contributed by atoms with Crippen LogP contribution < -0.4 is 10.6 Å². The number of rotatable bonds is 6. The fourth-order valence-corrected chi connectivity index (χ4v) is 4.85. The number of anilines is 2. The van der Waals surface area contributed by atoms with Crippen molar-refractivity contribution < 1.29 is 9.53 Å². The number of aromatic nitrogens is 2. The number of ether oxygens (including phenoxy) is 1. The molecule has 4 rings (SSSR count). The molecule has 0 aliphatic rings. The van der Waals surface area contributed by atoms with Gasteiger partial charge in [0.1, 0.15) is 5.00 Å². The Morgan fingerprint density at radius 3 is 2.55 bits per heavy atom. The van der Waals surface area contributed by atoms with Crippen molar-refractivity contribution in [3.63, 3.8) is 0 Å². The van der Waals surface area contributed by atoms with Crippen LogP contribution in [0.4, 0.5) is 10.7 Å². The van der Waals surface area contributed by atoms with Gasteiger partial charge in [-0.15, -0.1) is 11.3 Å². The molecule has 0 aliphatic heterocycles. The normalized spacial score (nSPS) is 10.6. The number of thiophene rings is 1. The van der Waals surface area contributed by atoms with Gasteiger partial charge in [-0.1, -0.05) is 42.5 Å². The molecule has 0 radical (unpaired) electrons. The summed E-state index contributed by atoms with van der Waals surface area (Å²) in [5, 5.41) is 11.9. The molecule has 2 heterocycles. The summed E-state index contributed by atoms with van der Waals surface area (Å²) in [6.07, 6.45) is 0. The van der Waals surface area contributed by atoms with Crippen molar-refractivity contribution in [3.8, 4) is 10.4 Å². The quantitative estimate of drug-likeness (QED) is 0.268. The number of esters is 1. The first-order valence-electron chi connectivity index (χ1n) is 10.4. The molecule has 0 aliphatic carbocycles. The zero-order valence-corrected chi connectivity index (χ0v) is 20.2. The van der Waals surface area contributed by atoms with Crippen molar-refractivity contribution >= 4 is 45.3 Å². The van der Waals surface area contributed by atoms with Gasteiger partial charge >= 0.3 is 5.97 Å². The molecule has 2 N–H and O–H groups in total. The van der Waals surface area contributed by atoms with Gasteiger partial charge in [-0.25, -0.2) is 4.79 Å². The minimum Gasteiger partial charge on any atom is -0.465 e. The molecule has 0 bridgehead atoms. The number of carbonyl (C=O) groups is 1. The lowest BCUT2D eigenvalue weighted by atomic mass is 10.1. The van der Waals surface area contributed by atoms with Crippen molar-refractivity contribution in [2.45, 2.75) is 20.4 Å². The van der Waals surface area contributed by atoms with Crippen LogP contribution in [-0.2, 0) is 11.3 Å². The number of hydrogen-bond acceptors (Lipinski definition) is 5. The van der Waals surface area contributed by atoms with Crippen molar-refractivity contribution in [1.82, 2.24) is 9.78 Å². The summed E-state index contributed by atoms with van der Waals surface area (Å²) in [6.45, 7) is 4.71. The molecular formula is C25H24N4O2S2. The first-order chi connectivity index (χ1) is 15.9. The van der Waals surface area contributed by atoms with Crippen LogP contribution in [0.5, 0.6) is 0 Å². The van der Waals surface area contributed by atoms with E-state index in [-0.39, 0.29) is 0 Å². The molecule has 8 heteroatoms. The number of nitrogens with one attached hydrogen (secondary N) is 2. The van der Waals surface area contributed by atoms with Crippen LogP contribution in [0.15, 0.2) is 66.7 Å². The lowest BCUT2D eigenvalue weighted by Crippen LogP contribution is -2.20. The van der Waals surface area contributed by atoms with Crippen LogP contribution >= 0.6 is 23.6 Å². The molecule has 6 nitrogen and oxygen atoms in total. The Hall–Kier alpha value is -3.49. The molecule has 0 spiro atoms. The second-order valence-electron chi connectivity index (χ2n) is 7.58. The fraction of sp³-hybridized carbons (Fsp3) is 0.160. The summed E-state index contributed by atoms with van der Waals surface area (Å²) in [5.74, 6) is -0.411. The fourth-order valence-electron chi connectivity index (χ4n) is 3.51. The monoisotopic (exact) mass is 476 g/mol. The van der Waals surface area contributed by atoms with Gasteiger partial charge in [-0.2, -0.15) is 5.10 Å². The third kappa shape index (κ3) is 5.47.